The fourth-order valence-electron chi connectivity index (χ4n) is 8.38. The predicted molar refractivity (Wildman–Crippen MR) is 156 cm³/mol. The van der Waals surface area contributed by atoms with Crippen LogP contribution in [0.3, 0.4) is 0 Å². The Balaban J connectivity index is 1.31. The molecule has 9 nitrogen and oxygen atoms in total. The molecule has 4 aliphatic rings. The number of hydrogen-bond donors (Lipinski definition) is 4. The van der Waals surface area contributed by atoms with Gasteiger partial charge >= 0.3 is 5.97 Å². The van der Waals surface area contributed by atoms with Gasteiger partial charge in [-0.25, -0.2) is 4.79 Å². The first-order valence-electron chi connectivity index (χ1n) is 15.3. The average molecular weight is 570 g/mol. The lowest BCUT2D eigenvalue weighted by Gasteiger charge is -2.58. The number of carbonyl (C=O) groups is 3. The molecular weight excluding hydrogens is 522 g/mol. The van der Waals surface area contributed by atoms with Gasteiger partial charge in [-0.15, -0.1) is 6.42 Å². The third-order valence-electron chi connectivity index (χ3n) is 11.0. The van der Waals surface area contributed by atoms with Gasteiger partial charge in [0.05, 0.1) is 5.71 Å². The topological polar surface area (TPSA) is 137 Å². The highest BCUT2D eigenvalue weighted by atomic mass is 16.6. The SMILES string of the molecule is C#C[C@@]1(O)CC[C@H]2[C@@H]3CCC4=C/C(=N\OCC(=O)N[C@H](C)C(=O)N[C@@H](CCCC)C(=O)O)CC[C@]4(C)[C@H]3CC[C@@]21C. The number of carbonyl (C=O) groups excluding carboxylic acids is 2. The summed E-state index contributed by atoms with van der Waals surface area (Å²) in [7, 11) is 0. The first-order valence-corrected chi connectivity index (χ1v) is 15.3. The largest absolute Gasteiger partial charge is 0.480 e. The van der Waals surface area contributed by atoms with Gasteiger partial charge in [0.25, 0.3) is 5.91 Å². The molecule has 9 heteroatoms. The maximum atomic E-state index is 12.4. The summed E-state index contributed by atoms with van der Waals surface area (Å²) in [6.45, 7) is 7.72. The number of nitrogens with one attached hydrogen (secondary N) is 2. The molecular formula is C32H47N3O6. The third kappa shape index (κ3) is 5.90. The van der Waals surface area contributed by atoms with Crippen molar-refractivity contribution in [2.45, 2.75) is 116 Å². The number of carboxylic acids is 1. The molecule has 0 unspecified atom stereocenters. The van der Waals surface area contributed by atoms with E-state index in [9.17, 15) is 24.6 Å². The maximum Gasteiger partial charge on any atom is 0.326 e. The number of terminal acetylenes is 1. The summed E-state index contributed by atoms with van der Waals surface area (Å²) in [5, 5.41) is 29.8. The Bertz CT molecular complexity index is 1140. The quantitative estimate of drug-likeness (QED) is 0.232. The van der Waals surface area contributed by atoms with E-state index in [2.05, 4.69) is 41.6 Å². The highest BCUT2D eigenvalue weighted by molar-refractivity contribution is 5.96. The third-order valence-corrected chi connectivity index (χ3v) is 11.0. The van der Waals surface area contributed by atoms with E-state index in [0.717, 1.165) is 57.1 Å². The normalized spacial score (nSPS) is 36.4. The van der Waals surface area contributed by atoms with Crippen molar-refractivity contribution in [1.29, 1.82) is 0 Å². The fourth-order valence-corrected chi connectivity index (χ4v) is 8.38. The average Bonchev–Trinajstić information content (AvgIpc) is 3.21. The molecule has 3 fully saturated rings. The molecule has 3 saturated carbocycles. The lowest BCUT2D eigenvalue weighted by molar-refractivity contribution is -0.142. The van der Waals surface area contributed by atoms with Gasteiger partial charge in [-0.3, -0.25) is 9.59 Å². The Kier molecular flexibility index (Phi) is 9.22. The fraction of sp³-hybridized carbons (Fsp3) is 0.750. The number of amides is 2. The molecule has 0 heterocycles. The Labute approximate surface area is 243 Å². The van der Waals surface area contributed by atoms with Crippen LogP contribution in [-0.2, 0) is 19.2 Å². The molecule has 0 saturated heterocycles. The summed E-state index contributed by atoms with van der Waals surface area (Å²) < 4.78 is 0. The highest BCUT2D eigenvalue weighted by Crippen LogP contribution is 2.67. The van der Waals surface area contributed by atoms with E-state index in [1.54, 1.807) is 0 Å². The molecule has 4 N–H and O–H groups in total. The molecule has 0 radical (unpaired) electrons. The number of carboxylic acid groups (broad SMARTS) is 1. The first-order chi connectivity index (χ1) is 19.4. The molecule has 226 valence electrons. The van der Waals surface area contributed by atoms with Crippen LogP contribution < -0.4 is 10.6 Å². The zero-order valence-electron chi connectivity index (χ0n) is 25.0. The van der Waals surface area contributed by atoms with Crippen molar-refractivity contribution >= 4 is 23.5 Å². The molecule has 4 aliphatic carbocycles. The second-order valence-electron chi connectivity index (χ2n) is 13.2. The number of aliphatic carboxylic acids is 1. The molecule has 0 spiro atoms. The molecule has 0 bridgehead atoms. The Morgan fingerprint density at radius 3 is 2.56 bits per heavy atom. The standard InChI is InChI=1S/C32H47N3O6/c1-6-8-9-26(29(38)39)34-28(37)20(3)33-27(36)19-41-35-22-12-15-30(4)21(18-22)10-11-23-24(30)13-16-31(5)25(23)14-17-32(31,40)7-2/h2,18,20,23-26,40H,6,8-17,19H2,1,3-5H3,(H,33,36)(H,34,37)(H,38,39)/b35-22-/t20-,23-,24+,25+,26+,30+,31+,32-/m1/s1. The number of unbranched alkanes of at least 4 members (excludes halogenated alkanes) is 1. The summed E-state index contributed by atoms with van der Waals surface area (Å²) in [5.41, 5.74) is 1.10. The van der Waals surface area contributed by atoms with E-state index < -0.39 is 35.5 Å². The second kappa shape index (κ2) is 12.2. The number of aliphatic hydroxyl groups is 1. The summed E-state index contributed by atoms with van der Waals surface area (Å²) in [6, 6.07) is -1.88. The Morgan fingerprint density at radius 2 is 1.88 bits per heavy atom. The number of nitrogens with zero attached hydrogens (tertiary/aromatic N) is 1. The monoisotopic (exact) mass is 569 g/mol. The molecule has 41 heavy (non-hydrogen) atoms. The van der Waals surface area contributed by atoms with Crippen molar-refractivity contribution in [3.8, 4) is 12.3 Å². The minimum Gasteiger partial charge on any atom is -0.480 e. The first kappa shape index (κ1) is 31.1. The molecule has 2 amide bonds. The number of fused-ring (bicyclic) bond motifs is 5. The van der Waals surface area contributed by atoms with Crippen molar-refractivity contribution in [2.75, 3.05) is 6.61 Å². The summed E-state index contributed by atoms with van der Waals surface area (Å²) in [5.74, 6) is 2.19. The molecule has 0 aliphatic heterocycles. The molecule has 8 atom stereocenters. The van der Waals surface area contributed by atoms with E-state index in [-0.39, 0.29) is 17.4 Å². The van der Waals surface area contributed by atoms with Gasteiger partial charge in [0, 0.05) is 5.41 Å². The van der Waals surface area contributed by atoms with E-state index in [1.165, 1.54) is 12.5 Å². The van der Waals surface area contributed by atoms with Gasteiger partial charge in [0.2, 0.25) is 5.91 Å². The van der Waals surface area contributed by atoms with Crippen LogP contribution in [0.15, 0.2) is 16.8 Å². The van der Waals surface area contributed by atoms with Gasteiger partial charge in [0.1, 0.15) is 17.7 Å². The van der Waals surface area contributed by atoms with Crippen molar-refractivity contribution in [1.82, 2.24) is 10.6 Å². The summed E-state index contributed by atoms with van der Waals surface area (Å²) in [6.07, 6.45) is 17.3. The van der Waals surface area contributed by atoms with Crippen molar-refractivity contribution < 1.29 is 29.4 Å². The minimum atomic E-state index is -1.09. The van der Waals surface area contributed by atoms with Gasteiger partial charge in [-0.05, 0) is 94.0 Å². The van der Waals surface area contributed by atoms with Crippen LogP contribution in [0.2, 0.25) is 0 Å². The van der Waals surface area contributed by atoms with Gasteiger partial charge in [-0.1, -0.05) is 50.3 Å². The molecule has 4 rings (SSSR count). The lowest BCUT2D eigenvalue weighted by atomic mass is 9.46. The van der Waals surface area contributed by atoms with Gasteiger partial charge in [0.15, 0.2) is 6.61 Å². The molecule has 0 aromatic rings. The van der Waals surface area contributed by atoms with E-state index in [1.807, 2.05) is 6.92 Å². The van der Waals surface area contributed by atoms with Crippen LogP contribution in [0.4, 0.5) is 0 Å². The minimum absolute atomic E-state index is 0.0885. The van der Waals surface area contributed by atoms with Gasteiger partial charge < -0.3 is 25.7 Å². The van der Waals surface area contributed by atoms with Crippen LogP contribution in [-0.4, -0.2) is 58.0 Å². The number of oxime groups is 1. The second-order valence-corrected chi connectivity index (χ2v) is 13.2. The lowest BCUT2D eigenvalue weighted by Crippen LogP contribution is -2.54. The van der Waals surface area contributed by atoms with Crippen molar-refractivity contribution in [3.05, 3.63) is 11.6 Å². The number of hydrogen-bond acceptors (Lipinski definition) is 6. The maximum absolute atomic E-state index is 12.4. The summed E-state index contributed by atoms with van der Waals surface area (Å²) in [4.78, 5) is 41.5. The van der Waals surface area contributed by atoms with E-state index in [0.29, 0.717) is 37.0 Å². The highest BCUT2D eigenvalue weighted by Gasteiger charge is 2.63. The predicted octanol–water partition coefficient (Wildman–Crippen LogP) is 3.95. The van der Waals surface area contributed by atoms with Crippen LogP contribution >= 0.6 is 0 Å². The number of rotatable bonds is 10. The van der Waals surface area contributed by atoms with Crippen LogP contribution in [0.1, 0.15) is 98.3 Å². The van der Waals surface area contributed by atoms with Crippen LogP contribution in [0, 0.1) is 40.9 Å². The van der Waals surface area contributed by atoms with E-state index >= 15 is 0 Å². The Hall–Kier alpha value is -2.86. The van der Waals surface area contributed by atoms with Crippen molar-refractivity contribution in [2.24, 2.45) is 33.7 Å². The smallest absolute Gasteiger partial charge is 0.326 e. The number of allylic oxidation sites excluding steroid dienone is 2. The zero-order chi connectivity index (χ0) is 30.0. The van der Waals surface area contributed by atoms with E-state index in [4.69, 9.17) is 11.3 Å². The molecule has 0 aromatic heterocycles. The van der Waals surface area contributed by atoms with Crippen LogP contribution in [0.25, 0.3) is 0 Å². The molecule has 0 aromatic carbocycles. The summed E-state index contributed by atoms with van der Waals surface area (Å²) >= 11 is 0. The Morgan fingerprint density at radius 1 is 1.15 bits per heavy atom. The zero-order valence-corrected chi connectivity index (χ0v) is 25.0. The van der Waals surface area contributed by atoms with Crippen LogP contribution in [0.5, 0.6) is 0 Å². The van der Waals surface area contributed by atoms with Crippen molar-refractivity contribution in [3.63, 3.8) is 0 Å². The van der Waals surface area contributed by atoms with Gasteiger partial charge in [-0.2, -0.15) is 0 Å².